The van der Waals surface area contributed by atoms with Gasteiger partial charge in [-0.2, -0.15) is 4.98 Å². The monoisotopic (exact) mass is 249 g/mol. The van der Waals surface area contributed by atoms with Crippen molar-refractivity contribution in [2.75, 3.05) is 18.5 Å². The predicted molar refractivity (Wildman–Crippen MR) is 68.1 cm³/mol. The highest BCUT2D eigenvalue weighted by molar-refractivity contribution is 5.74. The van der Waals surface area contributed by atoms with Crippen molar-refractivity contribution in [1.29, 1.82) is 0 Å². The van der Waals surface area contributed by atoms with Crippen molar-refractivity contribution in [3.8, 4) is 0 Å². The van der Waals surface area contributed by atoms with Gasteiger partial charge in [-0.1, -0.05) is 0 Å². The minimum Gasteiger partial charge on any atom is -0.345 e. The molecule has 0 aromatic carbocycles. The van der Waals surface area contributed by atoms with Gasteiger partial charge in [0, 0.05) is 34.2 Å². The molecule has 7 nitrogen and oxygen atoms in total. The lowest BCUT2D eigenvalue weighted by atomic mass is 10.3. The Hall–Kier alpha value is -2.05. The first-order chi connectivity index (χ1) is 8.52. The van der Waals surface area contributed by atoms with Crippen LogP contribution in [-0.2, 0) is 20.6 Å². The Morgan fingerprint density at radius 2 is 1.78 bits per heavy atom. The summed E-state index contributed by atoms with van der Waals surface area (Å²) < 4.78 is 4.46. The maximum absolute atomic E-state index is 12.2. The summed E-state index contributed by atoms with van der Waals surface area (Å²) in [4.78, 5) is 30.5. The molecule has 0 atom stereocenters. The maximum Gasteiger partial charge on any atom is 0.332 e. The van der Waals surface area contributed by atoms with E-state index in [9.17, 15) is 9.59 Å². The molecule has 1 aliphatic heterocycles. The highest BCUT2D eigenvalue weighted by Gasteiger charge is 2.23. The average Bonchev–Trinajstić information content (AvgIpc) is 2.75. The van der Waals surface area contributed by atoms with Crippen LogP contribution < -0.4 is 16.1 Å². The molecule has 0 amide bonds. The van der Waals surface area contributed by atoms with Crippen molar-refractivity contribution >= 4 is 17.1 Å². The molecule has 2 aromatic heterocycles. The fraction of sp³-hybridized carbons (Fsp3) is 0.545. The summed E-state index contributed by atoms with van der Waals surface area (Å²) in [7, 11) is 5.08. The molecule has 7 heteroatoms. The average molecular weight is 249 g/mol. The molecule has 3 heterocycles. The zero-order valence-electron chi connectivity index (χ0n) is 10.7. The Morgan fingerprint density at radius 3 is 2.50 bits per heavy atom. The molecular weight excluding hydrogens is 234 g/mol. The molecule has 3 rings (SSSR count). The number of aromatic nitrogens is 4. The quantitative estimate of drug-likeness (QED) is 0.617. The van der Waals surface area contributed by atoms with Gasteiger partial charge in [-0.25, -0.2) is 4.79 Å². The van der Waals surface area contributed by atoms with Crippen LogP contribution in [0, 0.1) is 0 Å². The second-order valence-corrected chi connectivity index (χ2v) is 4.72. The highest BCUT2D eigenvalue weighted by Crippen LogP contribution is 2.22. The number of nitrogens with zero attached hydrogens (tertiary/aromatic N) is 5. The van der Waals surface area contributed by atoms with E-state index in [-0.39, 0.29) is 11.2 Å². The van der Waals surface area contributed by atoms with E-state index in [0.29, 0.717) is 11.2 Å². The van der Waals surface area contributed by atoms with Gasteiger partial charge in [0.2, 0.25) is 5.95 Å². The second-order valence-electron chi connectivity index (χ2n) is 4.72. The Labute approximate surface area is 103 Å². The fourth-order valence-corrected chi connectivity index (χ4v) is 2.50. The molecular formula is C11H15N5O2. The number of fused-ring (bicyclic) bond motifs is 3. The molecule has 0 spiro atoms. The van der Waals surface area contributed by atoms with Gasteiger partial charge in [-0.15, -0.1) is 0 Å². The van der Waals surface area contributed by atoms with Crippen molar-refractivity contribution < 1.29 is 0 Å². The number of anilines is 1. The van der Waals surface area contributed by atoms with Crippen LogP contribution in [0.1, 0.15) is 6.42 Å². The maximum atomic E-state index is 12.2. The SMILES string of the molecule is CN1CCCn2c1nc1c2c(=O)n(C)c(=O)n1C. The van der Waals surface area contributed by atoms with Crippen molar-refractivity contribution in [2.45, 2.75) is 13.0 Å². The van der Waals surface area contributed by atoms with E-state index < -0.39 is 0 Å². The summed E-state index contributed by atoms with van der Waals surface area (Å²) in [6, 6.07) is 0. The molecule has 0 fully saturated rings. The van der Waals surface area contributed by atoms with Crippen molar-refractivity contribution in [1.82, 2.24) is 18.7 Å². The number of rotatable bonds is 0. The lowest BCUT2D eigenvalue weighted by molar-refractivity contribution is 0.588. The van der Waals surface area contributed by atoms with Crippen molar-refractivity contribution in [2.24, 2.45) is 14.1 Å². The standard InChI is InChI=1S/C11H15N5O2/c1-13-5-4-6-16-7-8(12-10(13)16)14(2)11(18)15(3)9(7)17/h4-6H2,1-3H3. The summed E-state index contributed by atoms with van der Waals surface area (Å²) >= 11 is 0. The molecule has 0 bridgehead atoms. The molecule has 0 unspecified atom stereocenters. The second kappa shape index (κ2) is 3.47. The number of imidazole rings is 1. The summed E-state index contributed by atoms with van der Waals surface area (Å²) in [5, 5.41) is 0. The first-order valence-corrected chi connectivity index (χ1v) is 5.89. The smallest absolute Gasteiger partial charge is 0.332 e. The van der Waals surface area contributed by atoms with Crippen molar-refractivity contribution in [3.63, 3.8) is 0 Å². The van der Waals surface area contributed by atoms with Crippen LogP contribution in [0.15, 0.2) is 9.59 Å². The Morgan fingerprint density at radius 1 is 1.06 bits per heavy atom. The third-order valence-electron chi connectivity index (χ3n) is 3.54. The van der Waals surface area contributed by atoms with Crippen LogP contribution in [0.4, 0.5) is 5.95 Å². The zero-order valence-corrected chi connectivity index (χ0v) is 10.7. The molecule has 96 valence electrons. The van der Waals surface area contributed by atoms with E-state index in [4.69, 9.17) is 0 Å². The lowest BCUT2D eigenvalue weighted by Crippen LogP contribution is -2.38. The molecule has 18 heavy (non-hydrogen) atoms. The third kappa shape index (κ3) is 1.21. The van der Waals surface area contributed by atoms with Gasteiger partial charge >= 0.3 is 5.69 Å². The molecule has 2 aromatic rings. The van der Waals surface area contributed by atoms with Crippen LogP contribution >= 0.6 is 0 Å². The van der Waals surface area contributed by atoms with E-state index in [1.807, 2.05) is 16.5 Å². The Kier molecular flexibility index (Phi) is 2.13. The summed E-state index contributed by atoms with van der Waals surface area (Å²) in [5.41, 5.74) is 0.362. The topological polar surface area (TPSA) is 65.1 Å². The highest BCUT2D eigenvalue weighted by atomic mass is 16.2. The summed E-state index contributed by atoms with van der Waals surface area (Å²) in [6.45, 7) is 1.68. The molecule has 1 aliphatic rings. The van der Waals surface area contributed by atoms with Crippen LogP contribution in [-0.4, -0.2) is 32.3 Å². The zero-order chi connectivity index (χ0) is 13.0. The van der Waals surface area contributed by atoms with E-state index in [1.165, 1.54) is 11.6 Å². The Bertz CT molecular complexity index is 751. The predicted octanol–water partition coefficient (Wildman–Crippen LogP) is -0.726. The number of hydrogen-bond donors (Lipinski definition) is 0. The van der Waals surface area contributed by atoms with Crippen LogP contribution in [0.3, 0.4) is 0 Å². The van der Waals surface area contributed by atoms with Gasteiger partial charge in [-0.3, -0.25) is 13.9 Å². The molecule has 0 N–H and O–H groups in total. The largest absolute Gasteiger partial charge is 0.345 e. The van der Waals surface area contributed by atoms with Gasteiger partial charge in [0.25, 0.3) is 5.56 Å². The van der Waals surface area contributed by atoms with E-state index in [1.54, 1.807) is 7.05 Å². The van der Waals surface area contributed by atoms with Gasteiger partial charge < -0.3 is 9.47 Å². The van der Waals surface area contributed by atoms with Gasteiger partial charge in [0.1, 0.15) is 0 Å². The van der Waals surface area contributed by atoms with Crippen LogP contribution in [0.25, 0.3) is 11.2 Å². The molecule has 0 saturated heterocycles. The number of aryl methyl sites for hydroxylation is 2. The summed E-state index contributed by atoms with van der Waals surface area (Å²) in [6.07, 6.45) is 0.973. The first-order valence-electron chi connectivity index (χ1n) is 5.89. The third-order valence-corrected chi connectivity index (χ3v) is 3.54. The minimum absolute atomic E-state index is 0.276. The summed E-state index contributed by atoms with van der Waals surface area (Å²) in [5.74, 6) is 0.759. The van der Waals surface area contributed by atoms with Gasteiger partial charge in [-0.05, 0) is 6.42 Å². The molecule has 0 radical (unpaired) electrons. The van der Waals surface area contributed by atoms with Crippen LogP contribution in [0.2, 0.25) is 0 Å². The van der Waals surface area contributed by atoms with Gasteiger partial charge in [0.15, 0.2) is 11.2 Å². The van der Waals surface area contributed by atoms with E-state index >= 15 is 0 Å². The van der Waals surface area contributed by atoms with E-state index in [0.717, 1.165) is 30.0 Å². The van der Waals surface area contributed by atoms with E-state index in [2.05, 4.69) is 4.98 Å². The minimum atomic E-state index is -0.342. The van der Waals surface area contributed by atoms with Gasteiger partial charge in [0.05, 0.1) is 0 Å². The normalized spacial score (nSPS) is 15.2. The lowest BCUT2D eigenvalue weighted by Gasteiger charge is -2.24. The molecule has 0 aliphatic carbocycles. The fourth-order valence-electron chi connectivity index (χ4n) is 2.50. The Balaban J connectivity index is 2.54. The number of hydrogen-bond acceptors (Lipinski definition) is 4. The molecule has 0 saturated carbocycles. The first kappa shape index (κ1) is 11.1. The van der Waals surface area contributed by atoms with Crippen molar-refractivity contribution in [3.05, 3.63) is 20.8 Å². The van der Waals surface area contributed by atoms with Crippen LogP contribution in [0.5, 0.6) is 0 Å².